The number of aromatic nitrogens is 2. The largest absolute Gasteiger partial charge is 0.380 e. The van der Waals surface area contributed by atoms with Crippen LogP contribution in [0.25, 0.3) is 10.9 Å². The molecular formula is C10H10N2O2. The van der Waals surface area contributed by atoms with Crippen molar-refractivity contribution in [1.82, 2.24) is 9.97 Å². The summed E-state index contributed by atoms with van der Waals surface area (Å²) in [6.45, 7) is 0.466. The van der Waals surface area contributed by atoms with Crippen molar-refractivity contribution in [2.45, 2.75) is 6.61 Å². The third-order valence-electron chi connectivity index (χ3n) is 2.05. The lowest BCUT2D eigenvalue weighted by Gasteiger charge is -2.02. The van der Waals surface area contributed by atoms with Gasteiger partial charge in [-0.3, -0.25) is 4.79 Å². The summed E-state index contributed by atoms with van der Waals surface area (Å²) in [6.07, 6.45) is 1.41. The number of hydrogen-bond acceptors (Lipinski definition) is 3. The highest BCUT2D eigenvalue weighted by Gasteiger charge is 2.03. The Balaban J connectivity index is 2.75. The summed E-state index contributed by atoms with van der Waals surface area (Å²) < 4.78 is 5.02. The smallest absolute Gasteiger partial charge is 0.258 e. The van der Waals surface area contributed by atoms with Crippen LogP contribution in [0.1, 0.15) is 5.56 Å². The van der Waals surface area contributed by atoms with Gasteiger partial charge in [0.15, 0.2) is 0 Å². The molecule has 2 aromatic rings. The number of benzene rings is 1. The van der Waals surface area contributed by atoms with E-state index in [0.717, 1.165) is 5.56 Å². The van der Waals surface area contributed by atoms with Gasteiger partial charge in [-0.05, 0) is 6.07 Å². The number of fused-ring (bicyclic) bond motifs is 1. The maximum absolute atomic E-state index is 11.4. The second kappa shape index (κ2) is 3.59. The molecule has 1 heterocycles. The van der Waals surface area contributed by atoms with Gasteiger partial charge in [0, 0.05) is 12.7 Å². The monoisotopic (exact) mass is 190 g/mol. The van der Waals surface area contributed by atoms with Crippen molar-refractivity contribution >= 4 is 10.9 Å². The summed E-state index contributed by atoms with van der Waals surface area (Å²) in [5.41, 5.74) is 1.52. The van der Waals surface area contributed by atoms with E-state index in [1.807, 2.05) is 12.1 Å². The predicted octanol–water partition coefficient (Wildman–Crippen LogP) is 1.07. The summed E-state index contributed by atoms with van der Waals surface area (Å²) in [5.74, 6) is 0. The van der Waals surface area contributed by atoms with Gasteiger partial charge in [0.1, 0.15) is 0 Å². The lowest BCUT2D eigenvalue weighted by atomic mass is 10.1. The van der Waals surface area contributed by atoms with E-state index in [0.29, 0.717) is 17.5 Å². The minimum absolute atomic E-state index is 0.118. The lowest BCUT2D eigenvalue weighted by Crippen LogP contribution is -2.07. The first-order valence-electron chi connectivity index (χ1n) is 4.27. The molecule has 0 spiro atoms. The Hall–Kier alpha value is -1.68. The number of nitrogens with one attached hydrogen (secondary N) is 1. The molecule has 0 atom stereocenters. The van der Waals surface area contributed by atoms with Gasteiger partial charge in [0.2, 0.25) is 0 Å². The Morgan fingerprint density at radius 1 is 1.50 bits per heavy atom. The molecule has 4 nitrogen and oxygen atoms in total. The molecule has 0 saturated heterocycles. The summed E-state index contributed by atoms with van der Waals surface area (Å²) >= 11 is 0. The zero-order chi connectivity index (χ0) is 9.97. The van der Waals surface area contributed by atoms with Crippen molar-refractivity contribution in [2.24, 2.45) is 0 Å². The molecule has 0 saturated carbocycles. The van der Waals surface area contributed by atoms with Gasteiger partial charge in [-0.1, -0.05) is 12.1 Å². The molecule has 1 N–H and O–H groups in total. The van der Waals surface area contributed by atoms with Gasteiger partial charge in [-0.2, -0.15) is 0 Å². The Labute approximate surface area is 80.6 Å². The number of para-hydroxylation sites is 1. The zero-order valence-electron chi connectivity index (χ0n) is 7.78. The highest BCUT2D eigenvalue weighted by molar-refractivity contribution is 5.80. The Bertz CT molecular complexity index is 505. The van der Waals surface area contributed by atoms with Crippen molar-refractivity contribution in [3.63, 3.8) is 0 Å². The normalized spacial score (nSPS) is 10.6. The van der Waals surface area contributed by atoms with E-state index in [1.54, 1.807) is 13.2 Å². The van der Waals surface area contributed by atoms with Gasteiger partial charge >= 0.3 is 0 Å². The average Bonchev–Trinajstić information content (AvgIpc) is 2.20. The fourth-order valence-electron chi connectivity index (χ4n) is 1.43. The molecule has 4 heteroatoms. The van der Waals surface area contributed by atoms with Crippen LogP contribution in [0.5, 0.6) is 0 Å². The molecule has 0 amide bonds. The van der Waals surface area contributed by atoms with Crippen LogP contribution in [-0.2, 0) is 11.3 Å². The van der Waals surface area contributed by atoms with Gasteiger partial charge < -0.3 is 9.72 Å². The molecule has 0 aliphatic carbocycles. The number of rotatable bonds is 2. The van der Waals surface area contributed by atoms with E-state index in [4.69, 9.17) is 4.74 Å². The Kier molecular flexibility index (Phi) is 2.28. The number of methoxy groups -OCH3 is 1. The summed E-state index contributed by atoms with van der Waals surface area (Å²) in [6, 6.07) is 5.48. The topological polar surface area (TPSA) is 55.0 Å². The van der Waals surface area contributed by atoms with Crippen LogP contribution < -0.4 is 5.56 Å². The summed E-state index contributed by atoms with van der Waals surface area (Å²) in [5, 5.41) is 0.599. The average molecular weight is 190 g/mol. The second-order valence-electron chi connectivity index (χ2n) is 2.98. The van der Waals surface area contributed by atoms with Gasteiger partial charge in [0.25, 0.3) is 5.56 Å². The molecule has 0 unspecified atom stereocenters. The first-order valence-corrected chi connectivity index (χ1v) is 4.27. The highest BCUT2D eigenvalue weighted by atomic mass is 16.5. The highest BCUT2D eigenvalue weighted by Crippen LogP contribution is 2.12. The third kappa shape index (κ3) is 1.40. The Morgan fingerprint density at radius 3 is 3.14 bits per heavy atom. The maximum atomic E-state index is 11.4. The molecule has 0 aliphatic heterocycles. The van der Waals surface area contributed by atoms with Crippen LogP contribution in [0.3, 0.4) is 0 Å². The van der Waals surface area contributed by atoms with E-state index in [2.05, 4.69) is 9.97 Å². The van der Waals surface area contributed by atoms with Crippen molar-refractivity contribution in [3.8, 4) is 0 Å². The first kappa shape index (κ1) is 8.90. The summed E-state index contributed by atoms with van der Waals surface area (Å²) in [4.78, 5) is 18.1. The number of nitrogens with zero attached hydrogens (tertiary/aromatic N) is 1. The predicted molar refractivity (Wildman–Crippen MR) is 53.1 cm³/mol. The molecule has 2 rings (SSSR count). The quantitative estimate of drug-likeness (QED) is 0.770. The molecule has 0 bridgehead atoms. The van der Waals surface area contributed by atoms with Crippen molar-refractivity contribution in [3.05, 3.63) is 40.4 Å². The van der Waals surface area contributed by atoms with Crippen LogP contribution in [0, 0.1) is 0 Å². The van der Waals surface area contributed by atoms with Crippen LogP contribution >= 0.6 is 0 Å². The minimum atomic E-state index is -0.118. The van der Waals surface area contributed by atoms with Crippen LogP contribution in [-0.4, -0.2) is 17.1 Å². The van der Waals surface area contributed by atoms with Crippen molar-refractivity contribution in [1.29, 1.82) is 0 Å². The van der Waals surface area contributed by atoms with Gasteiger partial charge in [-0.25, -0.2) is 4.98 Å². The zero-order valence-corrected chi connectivity index (χ0v) is 7.78. The molecule has 14 heavy (non-hydrogen) atoms. The fourth-order valence-corrected chi connectivity index (χ4v) is 1.43. The molecule has 0 aliphatic rings. The number of ether oxygens (including phenoxy) is 1. The second-order valence-corrected chi connectivity index (χ2v) is 2.98. The van der Waals surface area contributed by atoms with Crippen molar-refractivity contribution in [2.75, 3.05) is 7.11 Å². The van der Waals surface area contributed by atoms with Crippen molar-refractivity contribution < 1.29 is 4.74 Å². The fraction of sp³-hybridized carbons (Fsp3) is 0.200. The third-order valence-corrected chi connectivity index (χ3v) is 2.05. The van der Waals surface area contributed by atoms with Crippen LogP contribution in [0.4, 0.5) is 0 Å². The van der Waals surface area contributed by atoms with Gasteiger partial charge in [0.05, 0.1) is 23.8 Å². The standard InChI is InChI=1S/C10H10N2O2/c1-14-5-7-3-2-4-8-9(7)11-6-12-10(8)13/h2-4,6H,5H2,1H3,(H,11,12,13). The number of hydrogen-bond donors (Lipinski definition) is 1. The minimum Gasteiger partial charge on any atom is -0.380 e. The Morgan fingerprint density at radius 2 is 2.36 bits per heavy atom. The van der Waals surface area contributed by atoms with Gasteiger partial charge in [-0.15, -0.1) is 0 Å². The maximum Gasteiger partial charge on any atom is 0.258 e. The molecular weight excluding hydrogens is 180 g/mol. The molecule has 0 radical (unpaired) electrons. The molecule has 1 aromatic carbocycles. The van der Waals surface area contributed by atoms with Crippen LogP contribution in [0.15, 0.2) is 29.3 Å². The van der Waals surface area contributed by atoms with E-state index in [9.17, 15) is 4.79 Å². The number of H-pyrrole nitrogens is 1. The van der Waals surface area contributed by atoms with E-state index >= 15 is 0 Å². The summed E-state index contributed by atoms with van der Waals surface area (Å²) in [7, 11) is 1.62. The van der Waals surface area contributed by atoms with E-state index in [1.165, 1.54) is 6.33 Å². The molecule has 0 fully saturated rings. The van der Waals surface area contributed by atoms with Crippen LogP contribution in [0.2, 0.25) is 0 Å². The number of aromatic amines is 1. The first-order chi connectivity index (χ1) is 6.83. The lowest BCUT2D eigenvalue weighted by molar-refractivity contribution is 0.186. The van der Waals surface area contributed by atoms with E-state index in [-0.39, 0.29) is 5.56 Å². The van der Waals surface area contributed by atoms with E-state index < -0.39 is 0 Å². The molecule has 72 valence electrons. The molecule has 1 aromatic heterocycles. The SMILES string of the molecule is COCc1cccc2c(=O)[nH]cnc12.